The zero-order valence-corrected chi connectivity index (χ0v) is 9.57. The minimum atomic E-state index is -2.45. The van der Waals surface area contributed by atoms with Crippen LogP contribution < -0.4 is 0 Å². The SMILES string of the molecule is CN(CCC(=O)O)Cc1ccc(C(F)F)cc1. The number of halogens is 2. The normalized spacial score (nSPS) is 11.1. The van der Waals surface area contributed by atoms with Gasteiger partial charge in [-0.25, -0.2) is 8.78 Å². The smallest absolute Gasteiger partial charge is 0.304 e. The Labute approximate surface area is 98.7 Å². The van der Waals surface area contributed by atoms with Gasteiger partial charge in [-0.2, -0.15) is 0 Å². The summed E-state index contributed by atoms with van der Waals surface area (Å²) < 4.78 is 24.6. The monoisotopic (exact) mass is 243 g/mol. The topological polar surface area (TPSA) is 40.5 Å². The predicted octanol–water partition coefficient (Wildman–Crippen LogP) is 2.53. The second-order valence-electron chi connectivity index (χ2n) is 3.92. The molecular weight excluding hydrogens is 228 g/mol. The second kappa shape index (κ2) is 6.30. The molecule has 0 radical (unpaired) electrons. The molecule has 0 aromatic heterocycles. The van der Waals surface area contributed by atoms with E-state index in [1.54, 1.807) is 19.2 Å². The Morgan fingerprint density at radius 3 is 2.41 bits per heavy atom. The molecule has 1 aromatic carbocycles. The van der Waals surface area contributed by atoms with Gasteiger partial charge in [0.15, 0.2) is 0 Å². The molecule has 0 spiro atoms. The van der Waals surface area contributed by atoms with Crippen LogP contribution in [0.4, 0.5) is 8.78 Å². The van der Waals surface area contributed by atoms with E-state index in [9.17, 15) is 13.6 Å². The van der Waals surface area contributed by atoms with E-state index >= 15 is 0 Å². The standard InChI is InChI=1S/C12H15F2NO2/c1-15(7-6-11(16)17)8-9-2-4-10(5-3-9)12(13)14/h2-5,12H,6-8H2,1H3,(H,16,17). The van der Waals surface area contributed by atoms with E-state index in [0.717, 1.165) is 5.56 Å². The van der Waals surface area contributed by atoms with Crippen LogP contribution in [0.25, 0.3) is 0 Å². The van der Waals surface area contributed by atoms with Crippen molar-refractivity contribution in [1.29, 1.82) is 0 Å². The van der Waals surface area contributed by atoms with Crippen molar-refractivity contribution in [2.24, 2.45) is 0 Å². The Balaban J connectivity index is 2.48. The average Bonchev–Trinajstić information content (AvgIpc) is 2.27. The molecular formula is C12H15F2NO2. The first-order chi connectivity index (χ1) is 7.99. The molecule has 0 unspecified atom stereocenters. The molecule has 3 nitrogen and oxygen atoms in total. The van der Waals surface area contributed by atoms with Crippen LogP contribution in [0.3, 0.4) is 0 Å². The number of nitrogens with zero attached hydrogens (tertiary/aromatic N) is 1. The maximum atomic E-state index is 12.3. The number of hydrogen-bond acceptors (Lipinski definition) is 2. The second-order valence-corrected chi connectivity index (χ2v) is 3.92. The van der Waals surface area contributed by atoms with Gasteiger partial charge in [0, 0.05) is 18.7 Å². The number of carboxylic acids is 1. The fraction of sp³-hybridized carbons (Fsp3) is 0.417. The van der Waals surface area contributed by atoms with Crippen LogP contribution >= 0.6 is 0 Å². The third-order valence-corrected chi connectivity index (χ3v) is 2.39. The van der Waals surface area contributed by atoms with Crippen molar-refractivity contribution >= 4 is 5.97 Å². The van der Waals surface area contributed by atoms with Crippen molar-refractivity contribution in [3.63, 3.8) is 0 Å². The Bertz CT molecular complexity index is 365. The highest BCUT2D eigenvalue weighted by molar-refractivity contribution is 5.66. The molecule has 0 saturated carbocycles. The number of aliphatic carboxylic acids is 1. The molecule has 1 N–H and O–H groups in total. The summed E-state index contributed by atoms with van der Waals surface area (Å²) in [5, 5.41) is 8.52. The lowest BCUT2D eigenvalue weighted by atomic mass is 10.1. The number of carbonyl (C=O) groups is 1. The Morgan fingerprint density at radius 2 is 1.94 bits per heavy atom. The van der Waals surface area contributed by atoms with E-state index in [1.165, 1.54) is 12.1 Å². The molecule has 0 fully saturated rings. The fourth-order valence-corrected chi connectivity index (χ4v) is 1.45. The zero-order chi connectivity index (χ0) is 12.8. The first-order valence-electron chi connectivity index (χ1n) is 5.26. The van der Waals surface area contributed by atoms with Crippen molar-refractivity contribution in [3.8, 4) is 0 Å². The van der Waals surface area contributed by atoms with Gasteiger partial charge in [-0.05, 0) is 12.6 Å². The molecule has 0 saturated heterocycles. The van der Waals surface area contributed by atoms with E-state index in [0.29, 0.717) is 13.1 Å². The van der Waals surface area contributed by atoms with Crippen molar-refractivity contribution in [2.45, 2.75) is 19.4 Å². The van der Waals surface area contributed by atoms with Crippen molar-refractivity contribution < 1.29 is 18.7 Å². The van der Waals surface area contributed by atoms with Crippen LogP contribution in [0, 0.1) is 0 Å². The number of rotatable bonds is 6. The summed E-state index contributed by atoms with van der Waals surface area (Å²) in [6.07, 6.45) is -2.38. The number of benzene rings is 1. The largest absolute Gasteiger partial charge is 0.481 e. The summed E-state index contributed by atoms with van der Waals surface area (Å²) in [6.45, 7) is 0.989. The van der Waals surface area contributed by atoms with Gasteiger partial charge in [0.2, 0.25) is 0 Å². The minimum absolute atomic E-state index is 0.00180. The van der Waals surface area contributed by atoms with Crippen LogP contribution in [0.15, 0.2) is 24.3 Å². The summed E-state index contributed by atoms with van der Waals surface area (Å²) in [5.74, 6) is -0.843. The highest BCUT2D eigenvalue weighted by atomic mass is 19.3. The molecule has 1 aromatic rings. The summed E-state index contributed by atoms with van der Waals surface area (Å²) in [5.41, 5.74) is 0.893. The number of carboxylic acid groups (broad SMARTS) is 1. The number of alkyl halides is 2. The predicted molar refractivity (Wildman–Crippen MR) is 60.0 cm³/mol. The molecule has 94 valence electrons. The summed E-state index contributed by atoms with van der Waals surface area (Å²) in [6, 6.07) is 6.06. The van der Waals surface area contributed by atoms with Gasteiger partial charge in [0.25, 0.3) is 6.43 Å². The molecule has 0 aliphatic rings. The maximum Gasteiger partial charge on any atom is 0.304 e. The van der Waals surface area contributed by atoms with Crippen molar-refractivity contribution in [3.05, 3.63) is 35.4 Å². The Hall–Kier alpha value is -1.49. The van der Waals surface area contributed by atoms with Crippen molar-refractivity contribution in [1.82, 2.24) is 4.90 Å². The van der Waals surface area contributed by atoms with Gasteiger partial charge in [-0.3, -0.25) is 4.79 Å². The molecule has 0 amide bonds. The Morgan fingerprint density at radius 1 is 1.35 bits per heavy atom. The van der Waals surface area contributed by atoms with Gasteiger partial charge >= 0.3 is 5.97 Å². The van der Waals surface area contributed by atoms with Crippen LogP contribution in [-0.4, -0.2) is 29.6 Å². The van der Waals surface area contributed by atoms with Gasteiger partial charge < -0.3 is 10.0 Å². The maximum absolute atomic E-state index is 12.3. The lowest BCUT2D eigenvalue weighted by Crippen LogP contribution is -2.21. The van der Waals surface area contributed by atoms with Crippen LogP contribution in [-0.2, 0) is 11.3 Å². The van der Waals surface area contributed by atoms with E-state index in [4.69, 9.17) is 5.11 Å². The van der Waals surface area contributed by atoms with Gasteiger partial charge in [0.05, 0.1) is 6.42 Å². The van der Waals surface area contributed by atoms with Gasteiger partial charge in [0.1, 0.15) is 0 Å². The van der Waals surface area contributed by atoms with Crippen LogP contribution in [0.1, 0.15) is 24.0 Å². The third kappa shape index (κ3) is 4.91. The highest BCUT2D eigenvalue weighted by Gasteiger charge is 2.07. The van der Waals surface area contributed by atoms with Gasteiger partial charge in [-0.1, -0.05) is 24.3 Å². The lowest BCUT2D eigenvalue weighted by Gasteiger charge is -2.15. The first-order valence-corrected chi connectivity index (χ1v) is 5.26. The molecule has 0 aliphatic carbocycles. The zero-order valence-electron chi connectivity index (χ0n) is 9.57. The molecule has 0 atom stereocenters. The molecule has 5 heteroatoms. The molecule has 17 heavy (non-hydrogen) atoms. The molecule has 0 bridgehead atoms. The van der Waals surface area contributed by atoms with Crippen molar-refractivity contribution in [2.75, 3.05) is 13.6 Å². The number of hydrogen-bond donors (Lipinski definition) is 1. The third-order valence-electron chi connectivity index (χ3n) is 2.39. The van der Waals surface area contributed by atoms with E-state index in [2.05, 4.69) is 0 Å². The fourth-order valence-electron chi connectivity index (χ4n) is 1.45. The minimum Gasteiger partial charge on any atom is -0.481 e. The average molecular weight is 243 g/mol. The van der Waals surface area contributed by atoms with E-state index in [1.807, 2.05) is 4.90 Å². The first kappa shape index (κ1) is 13.6. The molecule has 0 aliphatic heterocycles. The Kier molecular flexibility index (Phi) is 5.03. The summed E-state index contributed by atoms with van der Waals surface area (Å²) in [7, 11) is 1.80. The summed E-state index contributed by atoms with van der Waals surface area (Å²) >= 11 is 0. The quantitative estimate of drug-likeness (QED) is 0.834. The summed E-state index contributed by atoms with van der Waals surface area (Å²) in [4.78, 5) is 12.2. The highest BCUT2D eigenvalue weighted by Crippen LogP contribution is 2.19. The van der Waals surface area contributed by atoms with Crippen LogP contribution in [0.2, 0.25) is 0 Å². The van der Waals surface area contributed by atoms with E-state index in [-0.39, 0.29) is 12.0 Å². The molecule has 1 rings (SSSR count). The molecule has 0 heterocycles. The van der Waals surface area contributed by atoms with Crippen LogP contribution in [0.5, 0.6) is 0 Å². The van der Waals surface area contributed by atoms with Gasteiger partial charge in [-0.15, -0.1) is 0 Å². The van der Waals surface area contributed by atoms with E-state index < -0.39 is 12.4 Å². The lowest BCUT2D eigenvalue weighted by molar-refractivity contribution is -0.137.